The third kappa shape index (κ3) is 5.39. The van der Waals surface area contributed by atoms with E-state index in [-0.39, 0.29) is 33.0 Å². The van der Waals surface area contributed by atoms with Crippen molar-refractivity contribution in [3.63, 3.8) is 0 Å². The van der Waals surface area contributed by atoms with Gasteiger partial charge in [0.25, 0.3) is 5.91 Å². The average Bonchev–Trinajstić information content (AvgIpc) is 3.15. The van der Waals surface area contributed by atoms with Crippen LogP contribution in [0.25, 0.3) is 0 Å². The molecule has 200 valence electrons. The number of nitrogens with one attached hydrogen (secondary N) is 1. The Bertz CT molecular complexity index is 1270. The molecule has 5 rings (SSSR count). The van der Waals surface area contributed by atoms with Gasteiger partial charge in [-0.3, -0.25) is 9.69 Å². The predicted molar refractivity (Wildman–Crippen MR) is 133 cm³/mol. The van der Waals surface area contributed by atoms with E-state index in [1.165, 1.54) is 18.2 Å². The van der Waals surface area contributed by atoms with E-state index in [1.807, 2.05) is 0 Å². The minimum absolute atomic E-state index is 0.0188. The molecule has 0 radical (unpaired) electrons. The summed E-state index contributed by atoms with van der Waals surface area (Å²) in [5.74, 6) is -4.86. The Balaban J connectivity index is 1.34. The highest BCUT2D eigenvalue weighted by molar-refractivity contribution is 7.92. The molecule has 4 atom stereocenters. The lowest BCUT2D eigenvalue weighted by Gasteiger charge is -2.38. The summed E-state index contributed by atoms with van der Waals surface area (Å²) in [6.07, 6.45) is 3.34. The van der Waals surface area contributed by atoms with Crippen LogP contribution < -0.4 is 5.32 Å². The van der Waals surface area contributed by atoms with Crippen molar-refractivity contribution >= 4 is 33.0 Å². The number of carbonyl (C=O) groups is 1. The highest BCUT2D eigenvalue weighted by atomic mass is 35.5. The number of hydrogen-bond donors (Lipinski definition) is 1. The van der Waals surface area contributed by atoms with E-state index in [4.69, 9.17) is 16.3 Å². The first-order chi connectivity index (χ1) is 17.6. The van der Waals surface area contributed by atoms with Gasteiger partial charge in [-0.1, -0.05) is 11.6 Å². The molecule has 1 aliphatic heterocycles. The highest BCUT2D eigenvalue weighted by Crippen LogP contribution is 2.50. The maximum absolute atomic E-state index is 13.8. The second-order valence-corrected chi connectivity index (χ2v) is 12.7. The van der Waals surface area contributed by atoms with Crippen molar-refractivity contribution < 1.29 is 31.1 Å². The summed E-state index contributed by atoms with van der Waals surface area (Å²) in [4.78, 5) is 15.0. The van der Waals surface area contributed by atoms with Gasteiger partial charge in [-0.15, -0.1) is 0 Å². The zero-order valence-corrected chi connectivity index (χ0v) is 21.6. The summed E-state index contributed by atoms with van der Waals surface area (Å²) in [7, 11) is -3.85. The Morgan fingerprint density at radius 1 is 1.03 bits per heavy atom. The molecule has 1 N–H and O–H groups in total. The monoisotopic (exact) mass is 556 g/mol. The molecule has 37 heavy (non-hydrogen) atoms. The first-order valence-corrected chi connectivity index (χ1v) is 14.4. The maximum atomic E-state index is 13.8. The van der Waals surface area contributed by atoms with E-state index in [0.29, 0.717) is 18.1 Å². The Morgan fingerprint density at radius 3 is 2.27 bits per heavy atom. The van der Waals surface area contributed by atoms with Crippen LogP contribution in [0.15, 0.2) is 35.2 Å². The van der Waals surface area contributed by atoms with Gasteiger partial charge in [-0.2, -0.15) is 0 Å². The fourth-order valence-electron chi connectivity index (χ4n) is 6.24. The van der Waals surface area contributed by atoms with E-state index < -0.39 is 38.4 Å². The molecule has 6 nitrogen and oxygen atoms in total. The first-order valence-electron chi connectivity index (χ1n) is 12.4. The van der Waals surface area contributed by atoms with Gasteiger partial charge in [0.1, 0.15) is 0 Å². The van der Waals surface area contributed by atoms with E-state index in [2.05, 4.69) is 10.2 Å². The van der Waals surface area contributed by atoms with Crippen molar-refractivity contribution in [2.45, 2.75) is 35.8 Å². The molecule has 2 bridgehead atoms. The summed E-state index contributed by atoms with van der Waals surface area (Å²) in [6, 6.07) is 5.18. The van der Waals surface area contributed by atoms with Crippen LogP contribution >= 0.6 is 11.6 Å². The zero-order chi connectivity index (χ0) is 26.3. The normalized spacial score (nSPS) is 26.3. The summed E-state index contributed by atoms with van der Waals surface area (Å²) in [5, 5.41) is 1.74. The van der Waals surface area contributed by atoms with Gasteiger partial charge in [-0.25, -0.2) is 21.6 Å². The van der Waals surface area contributed by atoms with Gasteiger partial charge < -0.3 is 10.1 Å². The number of rotatable bonds is 6. The lowest BCUT2D eigenvalue weighted by atomic mass is 9.80. The molecule has 11 heteroatoms. The lowest BCUT2D eigenvalue weighted by molar-refractivity contribution is 0.0253. The van der Waals surface area contributed by atoms with Crippen LogP contribution in [-0.4, -0.2) is 57.3 Å². The molecule has 2 aromatic carbocycles. The van der Waals surface area contributed by atoms with Gasteiger partial charge in [0, 0.05) is 43.0 Å². The fourth-order valence-corrected chi connectivity index (χ4v) is 9.12. The number of fused-ring (bicyclic) bond motifs is 2. The topological polar surface area (TPSA) is 75.7 Å². The Hall–Kier alpha value is -2.14. The molecule has 0 aromatic heterocycles. The maximum Gasteiger partial charge on any atom is 0.255 e. The Labute approximate surface area is 219 Å². The summed E-state index contributed by atoms with van der Waals surface area (Å²) in [6.45, 7) is 4.20. The highest BCUT2D eigenvalue weighted by Gasteiger charge is 2.50. The third-order valence-corrected chi connectivity index (χ3v) is 10.7. The predicted octanol–water partition coefficient (Wildman–Crippen LogP) is 4.92. The number of ether oxygens (including phenoxy) is 1. The van der Waals surface area contributed by atoms with Crippen LogP contribution in [0.2, 0.25) is 5.02 Å². The summed E-state index contributed by atoms with van der Waals surface area (Å²) < 4.78 is 73.4. The quantitative estimate of drug-likeness (QED) is 0.511. The third-order valence-electron chi connectivity index (χ3n) is 7.83. The lowest BCUT2D eigenvalue weighted by Crippen LogP contribution is -2.43. The summed E-state index contributed by atoms with van der Waals surface area (Å²) in [5.41, 5.74) is -0.334. The second-order valence-electron chi connectivity index (χ2n) is 10.2. The zero-order valence-electron chi connectivity index (χ0n) is 20.1. The Morgan fingerprint density at radius 2 is 1.65 bits per heavy atom. The number of benzene rings is 2. The average molecular weight is 557 g/mol. The molecule has 0 spiro atoms. The van der Waals surface area contributed by atoms with Crippen LogP contribution in [-0.2, 0) is 14.6 Å². The number of morpholine rings is 1. The Kier molecular flexibility index (Phi) is 7.55. The standard InChI is InChI=1S/C26H28ClF3N2O4S/c27-20-4-3-18(26(33)31-19-12-21(28)24(30)22(29)13-19)11-23(20)37(34,35)25-16-1-2-17(25)10-15(9-16)14-32-5-7-36-8-6-32/h3-4,11-13,15-17,25H,1-2,5-10,14H2,(H,31,33)/t15-,16-,17?,25+/m0/s1. The molecule has 2 saturated carbocycles. The molecule has 1 saturated heterocycles. The first kappa shape index (κ1) is 26.5. The van der Waals surface area contributed by atoms with E-state index in [1.54, 1.807) is 0 Å². The largest absolute Gasteiger partial charge is 0.379 e. The van der Waals surface area contributed by atoms with Crippen LogP contribution in [0.5, 0.6) is 0 Å². The molecule has 1 heterocycles. The number of nitrogens with zero attached hydrogens (tertiary/aromatic N) is 1. The van der Waals surface area contributed by atoms with Crippen molar-refractivity contribution in [3.05, 3.63) is 58.4 Å². The van der Waals surface area contributed by atoms with Crippen molar-refractivity contribution in [3.8, 4) is 0 Å². The van der Waals surface area contributed by atoms with Gasteiger partial charge in [0.05, 0.1) is 28.4 Å². The van der Waals surface area contributed by atoms with Crippen LogP contribution in [0.3, 0.4) is 0 Å². The number of carbonyl (C=O) groups excluding carboxylic acids is 1. The smallest absolute Gasteiger partial charge is 0.255 e. The van der Waals surface area contributed by atoms with Crippen molar-refractivity contribution in [1.29, 1.82) is 0 Å². The van der Waals surface area contributed by atoms with Crippen molar-refractivity contribution in [1.82, 2.24) is 4.90 Å². The number of hydrogen-bond acceptors (Lipinski definition) is 5. The van der Waals surface area contributed by atoms with Gasteiger partial charge in [-0.05, 0) is 61.6 Å². The van der Waals surface area contributed by atoms with E-state index >= 15 is 0 Å². The van der Waals surface area contributed by atoms with E-state index in [9.17, 15) is 26.4 Å². The fraction of sp³-hybridized carbons (Fsp3) is 0.500. The molecule has 1 amide bonds. The molecule has 2 aliphatic carbocycles. The van der Waals surface area contributed by atoms with Gasteiger partial charge >= 0.3 is 0 Å². The van der Waals surface area contributed by atoms with Crippen LogP contribution in [0.1, 0.15) is 36.0 Å². The second kappa shape index (κ2) is 10.6. The summed E-state index contributed by atoms with van der Waals surface area (Å²) >= 11 is 6.33. The minimum Gasteiger partial charge on any atom is -0.379 e. The SMILES string of the molecule is O=C(Nc1cc(F)c(F)c(F)c1)c1ccc(Cl)c(S(=O)(=O)[C@H]2C3CC[C@H]2C[C@H](CN2CCOCC2)C3)c1. The van der Waals surface area contributed by atoms with Gasteiger partial charge in [0.15, 0.2) is 27.3 Å². The number of sulfone groups is 1. The van der Waals surface area contributed by atoms with Gasteiger partial charge in [0.2, 0.25) is 0 Å². The van der Waals surface area contributed by atoms with Crippen molar-refractivity contribution in [2.75, 3.05) is 38.2 Å². The molecule has 3 aliphatic rings. The van der Waals surface area contributed by atoms with Crippen LogP contribution in [0.4, 0.5) is 18.9 Å². The molecule has 1 unspecified atom stereocenters. The van der Waals surface area contributed by atoms with Crippen LogP contribution in [0, 0.1) is 35.2 Å². The van der Waals surface area contributed by atoms with E-state index in [0.717, 1.165) is 58.5 Å². The number of anilines is 1. The number of halogens is 4. The molecule has 2 aromatic rings. The number of amides is 1. The minimum atomic E-state index is -3.85. The molecule has 3 fully saturated rings. The van der Waals surface area contributed by atoms with Crippen molar-refractivity contribution in [2.24, 2.45) is 17.8 Å². The molecular formula is C26H28ClF3N2O4S. The molecular weight excluding hydrogens is 529 g/mol.